The van der Waals surface area contributed by atoms with Crippen molar-refractivity contribution in [3.05, 3.63) is 42.0 Å². The number of rotatable bonds is 0. The van der Waals surface area contributed by atoms with E-state index in [4.69, 9.17) is 0 Å². The van der Waals surface area contributed by atoms with Gasteiger partial charge < -0.3 is 0 Å². The number of nitrogens with zero attached hydrogens (tertiary/aromatic N) is 3. The van der Waals surface area contributed by atoms with Crippen molar-refractivity contribution in [2.45, 2.75) is 32.4 Å². The fraction of sp³-hybridized carbons (Fsp3) is 0.333. The molecule has 0 radical (unpaired) electrons. The summed E-state index contributed by atoms with van der Waals surface area (Å²) >= 11 is 9.31. The van der Waals surface area contributed by atoms with Crippen molar-refractivity contribution in [3.63, 3.8) is 0 Å². The van der Waals surface area contributed by atoms with Crippen molar-refractivity contribution in [1.29, 1.82) is 0 Å². The topological polar surface area (TPSA) is 30.2 Å². The second-order valence-electron chi connectivity index (χ2n) is 6.58. The predicted octanol–water partition coefficient (Wildman–Crippen LogP) is 4.17. The smallest absolute Gasteiger partial charge is 0.287 e. The van der Waals surface area contributed by atoms with Crippen molar-refractivity contribution in [2.75, 3.05) is 0 Å². The zero-order valence-corrected chi connectivity index (χ0v) is 24.1. The number of fused-ring (bicyclic) bond motifs is 3. The van der Waals surface area contributed by atoms with Gasteiger partial charge in [-0.05, 0) is 18.2 Å². The molecule has 3 aromatic rings. The number of alkyl halides is 3. The van der Waals surface area contributed by atoms with Crippen LogP contribution in [0.1, 0.15) is 32.2 Å². The average molecular weight is 614 g/mol. The van der Waals surface area contributed by atoms with Crippen LogP contribution < -0.4 is 0 Å². The lowest BCUT2D eigenvalue weighted by Crippen LogP contribution is -2.18. The maximum absolute atomic E-state index is 12.9. The van der Waals surface area contributed by atoms with Gasteiger partial charge in [0.05, 0.1) is 11.1 Å². The van der Waals surface area contributed by atoms with Gasteiger partial charge in [-0.1, -0.05) is 20.8 Å². The van der Waals surface area contributed by atoms with Gasteiger partial charge in [0.25, 0.3) is 0 Å². The summed E-state index contributed by atoms with van der Waals surface area (Å²) in [7, 11) is 12.7. The summed E-state index contributed by atoms with van der Waals surface area (Å²) in [6.07, 6.45) is -0.970. The molecule has 0 spiro atoms. The molecule has 0 saturated heterocycles. The lowest BCUT2D eigenvalue weighted by atomic mass is 9.95. The Balaban J connectivity index is 0.000000291. The van der Waals surface area contributed by atoms with Crippen molar-refractivity contribution in [1.82, 2.24) is 14.4 Å². The van der Waals surface area contributed by atoms with Crippen LogP contribution in [-0.4, -0.2) is 14.4 Å². The van der Waals surface area contributed by atoms with E-state index in [1.54, 1.807) is 65.7 Å². The number of benzene rings is 1. The summed E-state index contributed by atoms with van der Waals surface area (Å²) < 4.78 is 40.4. The van der Waals surface area contributed by atoms with Crippen LogP contribution in [0.15, 0.2) is 30.6 Å². The van der Waals surface area contributed by atoms with Crippen molar-refractivity contribution in [2.24, 2.45) is 0 Å². The van der Waals surface area contributed by atoms with E-state index < -0.39 is 11.7 Å². The van der Waals surface area contributed by atoms with E-state index in [2.05, 4.69) is 32.3 Å². The fourth-order valence-electron chi connectivity index (χ4n) is 2.43. The van der Waals surface area contributed by atoms with E-state index in [1.165, 1.54) is 23.8 Å². The molecule has 3 nitrogen and oxygen atoms in total. The van der Waals surface area contributed by atoms with Crippen LogP contribution in [0.25, 0.3) is 16.6 Å². The van der Waals surface area contributed by atoms with Gasteiger partial charge in [0.1, 0.15) is 11.5 Å². The van der Waals surface area contributed by atoms with Gasteiger partial charge in [-0.15, -0.1) is 0 Å². The number of halogens is 3. The highest BCUT2D eigenvalue weighted by Gasteiger charge is 2.31. The quantitative estimate of drug-likeness (QED) is 0.381. The molecule has 2 heterocycles. The molecular formula is C15H14F3N3S10. The summed E-state index contributed by atoms with van der Waals surface area (Å²) in [6.45, 7) is 5.90. The normalized spacial score (nSPS) is 11.2. The fourth-order valence-corrected chi connectivity index (χ4v) is 18.9. The molecule has 2 aromatic heterocycles. The molecule has 0 bridgehead atoms. The molecule has 0 N–H and O–H groups in total. The Morgan fingerprint density at radius 1 is 0.903 bits per heavy atom. The van der Waals surface area contributed by atoms with Crippen LogP contribution in [0.3, 0.4) is 0 Å². The molecule has 0 aliphatic rings. The molecule has 0 aliphatic carbocycles. The lowest BCUT2D eigenvalue weighted by molar-refractivity contribution is -0.137. The Kier molecular flexibility index (Phi) is 11.0. The minimum absolute atomic E-state index is 0.304. The van der Waals surface area contributed by atoms with Crippen molar-refractivity contribution >= 4 is 110 Å². The van der Waals surface area contributed by atoms with Gasteiger partial charge in [0.15, 0.2) is 0 Å². The van der Waals surface area contributed by atoms with E-state index in [9.17, 15) is 13.2 Å². The molecule has 0 fully saturated rings. The first kappa shape index (κ1) is 27.3. The summed E-state index contributed by atoms with van der Waals surface area (Å²) in [6, 6.07) is 3.58. The lowest BCUT2D eigenvalue weighted by Gasteiger charge is -2.20. The van der Waals surface area contributed by atoms with Gasteiger partial charge in [0.2, 0.25) is 0 Å². The molecule has 170 valence electrons. The van der Waals surface area contributed by atoms with Crippen molar-refractivity contribution < 1.29 is 13.2 Å². The van der Waals surface area contributed by atoms with E-state index in [-0.39, 0.29) is 5.41 Å². The van der Waals surface area contributed by atoms with Crippen LogP contribution in [0, 0.1) is 0 Å². The first-order valence-electron chi connectivity index (χ1n) is 8.02. The molecule has 0 saturated carbocycles. The number of imidazole rings is 1. The molecule has 0 unspecified atom stereocenters. The van der Waals surface area contributed by atoms with E-state index >= 15 is 0 Å². The maximum Gasteiger partial charge on any atom is 0.416 e. The van der Waals surface area contributed by atoms with Gasteiger partial charge in [0, 0.05) is 117 Å². The minimum Gasteiger partial charge on any atom is -0.287 e. The number of hydrogen-bond acceptors (Lipinski definition) is 4. The second-order valence-corrected chi connectivity index (χ2v) is 20.7. The van der Waals surface area contributed by atoms with Gasteiger partial charge in [-0.3, -0.25) is 4.40 Å². The predicted molar refractivity (Wildman–Crippen MR) is 148 cm³/mol. The molecule has 16 heteroatoms. The Morgan fingerprint density at radius 3 is 2.00 bits per heavy atom. The zero-order chi connectivity index (χ0) is 23.1. The van der Waals surface area contributed by atoms with Crippen LogP contribution in [0.4, 0.5) is 13.2 Å². The largest absolute Gasteiger partial charge is 0.416 e. The highest BCUT2D eigenvalue weighted by atomic mass is 33.4. The van der Waals surface area contributed by atoms with Crippen LogP contribution in [0.2, 0.25) is 0 Å². The summed E-state index contributed by atoms with van der Waals surface area (Å²) in [5.41, 5.74) is -0.0631. The highest BCUT2D eigenvalue weighted by Crippen LogP contribution is 2.33. The number of hydrogen-bond donors (Lipinski definition) is 0. The van der Waals surface area contributed by atoms with Crippen LogP contribution >= 0.6 is 0 Å². The summed E-state index contributed by atoms with van der Waals surface area (Å²) in [4.78, 5) is 8.70. The van der Waals surface area contributed by atoms with Gasteiger partial charge >= 0.3 is 6.18 Å². The monoisotopic (exact) mass is 613 g/mol. The minimum atomic E-state index is -4.38. The van der Waals surface area contributed by atoms with Gasteiger partial charge in [-0.2, -0.15) is 13.2 Å². The Bertz CT molecular complexity index is 1400. The second kappa shape index (κ2) is 12.5. The zero-order valence-electron chi connectivity index (χ0n) is 15.9. The summed E-state index contributed by atoms with van der Waals surface area (Å²) in [5.74, 6) is 0.682. The molecular weight excluding hydrogens is 600 g/mol. The molecule has 0 atom stereocenters. The first-order chi connectivity index (χ1) is 14.6. The standard InChI is InChI=1S/C15H14F3N3.S10/c1-14(2,3)13-20-11-8-9(15(16,17)18)4-5-10(11)12-19-6-7-21(12)13;1-3-5-7-9-10-8-6-4-2/h4-8H,1-3H3;. The van der Waals surface area contributed by atoms with Crippen molar-refractivity contribution in [3.8, 4) is 0 Å². The molecule has 0 aliphatic heterocycles. The Labute approximate surface area is 209 Å². The SMILES string of the molecule is CC(C)(C)c1nc2cc(C(F)(F)F)ccc2c2nccn12.S=S=S=S=S=S=S=S=S=S. The third kappa shape index (κ3) is 8.12. The Hall–Kier alpha value is 0.0900. The third-order valence-electron chi connectivity index (χ3n) is 3.53. The van der Waals surface area contributed by atoms with E-state index in [1.807, 2.05) is 25.2 Å². The van der Waals surface area contributed by atoms with Crippen LogP contribution in [0.5, 0.6) is 0 Å². The van der Waals surface area contributed by atoms with Crippen LogP contribution in [-0.2, 0) is 105 Å². The highest BCUT2D eigenvalue weighted by molar-refractivity contribution is 8.73. The average Bonchev–Trinajstić information content (AvgIpc) is 3.18. The first-order valence-corrected chi connectivity index (χ1v) is 20.0. The molecule has 3 rings (SSSR count). The molecule has 0 amide bonds. The third-order valence-corrected chi connectivity index (χ3v) is 19.1. The number of aromatic nitrogens is 3. The molecule has 1 aromatic carbocycles. The molecule has 31 heavy (non-hydrogen) atoms. The summed E-state index contributed by atoms with van der Waals surface area (Å²) in [5, 5.41) is 0.612. The van der Waals surface area contributed by atoms with E-state index in [0.29, 0.717) is 22.4 Å². The Morgan fingerprint density at radius 2 is 1.48 bits per heavy atom. The maximum atomic E-state index is 12.9. The van der Waals surface area contributed by atoms with Gasteiger partial charge in [-0.25, -0.2) is 9.97 Å². The van der Waals surface area contributed by atoms with E-state index in [0.717, 1.165) is 12.1 Å².